The molecule has 0 aliphatic heterocycles. The van der Waals surface area contributed by atoms with Crippen molar-refractivity contribution in [1.82, 2.24) is 4.98 Å². The Labute approximate surface area is 105 Å². The highest BCUT2D eigenvalue weighted by atomic mass is 127. The Bertz CT molecular complexity index is 579. The maximum Gasteiger partial charge on any atom is 0.202 e. The third-order valence-electron chi connectivity index (χ3n) is 2.11. The second-order valence-corrected chi connectivity index (χ2v) is 4.57. The van der Waals surface area contributed by atoms with Gasteiger partial charge in [0.05, 0.1) is 21.2 Å². The summed E-state index contributed by atoms with van der Waals surface area (Å²) >= 11 is 7.93. The zero-order valence-corrected chi connectivity index (χ0v) is 10.7. The molecule has 0 aliphatic rings. The summed E-state index contributed by atoms with van der Waals surface area (Å²) in [5.41, 5.74) is 0.704. The largest absolute Gasteiger partial charge is 0.495 e. The summed E-state index contributed by atoms with van der Waals surface area (Å²) in [7, 11) is 1.54. The molecule has 0 amide bonds. The Morgan fingerprint density at radius 2 is 2.20 bits per heavy atom. The van der Waals surface area contributed by atoms with Crippen molar-refractivity contribution in [2.24, 2.45) is 0 Å². The highest BCUT2D eigenvalue weighted by molar-refractivity contribution is 14.1. The smallest absolute Gasteiger partial charge is 0.202 e. The summed E-state index contributed by atoms with van der Waals surface area (Å²) in [4.78, 5) is 14.8. The van der Waals surface area contributed by atoms with E-state index in [1.165, 1.54) is 7.11 Å². The molecule has 0 fully saturated rings. The predicted molar refractivity (Wildman–Crippen MR) is 68.8 cm³/mol. The fourth-order valence-corrected chi connectivity index (χ4v) is 2.04. The summed E-state index contributed by atoms with van der Waals surface area (Å²) < 4.78 is 5.71. The molecular formula is C10H7ClINO2. The number of nitrogens with one attached hydrogen (secondary N) is 1. The molecular weight excluding hydrogens is 328 g/mol. The van der Waals surface area contributed by atoms with Crippen molar-refractivity contribution in [3.05, 3.63) is 37.1 Å². The molecule has 0 bridgehead atoms. The highest BCUT2D eigenvalue weighted by Gasteiger charge is 2.07. The number of rotatable bonds is 1. The minimum atomic E-state index is -0.0195. The minimum Gasteiger partial charge on any atom is -0.495 e. The quantitative estimate of drug-likeness (QED) is 0.814. The van der Waals surface area contributed by atoms with Crippen molar-refractivity contribution < 1.29 is 4.74 Å². The fourth-order valence-electron chi connectivity index (χ4n) is 1.35. The van der Waals surface area contributed by atoms with Crippen LogP contribution in [0, 0.1) is 3.57 Å². The van der Waals surface area contributed by atoms with Gasteiger partial charge in [-0.15, -0.1) is 0 Å². The average molecular weight is 336 g/mol. The Kier molecular flexibility index (Phi) is 2.88. The minimum absolute atomic E-state index is 0.0195. The molecule has 0 aliphatic carbocycles. The van der Waals surface area contributed by atoms with Crippen molar-refractivity contribution in [2.45, 2.75) is 0 Å². The van der Waals surface area contributed by atoms with E-state index in [4.69, 9.17) is 16.3 Å². The van der Waals surface area contributed by atoms with Gasteiger partial charge in [-0.05, 0) is 28.7 Å². The van der Waals surface area contributed by atoms with Gasteiger partial charge in [0.15, 0.2) is 0 Å². The number of pyridine rings is 1. The van der Waals surface area contributed by atoms with Crippen LogP contribution >= 0.6 is 34.2 Å². The van der Waals surface area contributed by atoms with E-state index >= 15 is 0 Å². The molecule has 2 aromatic rings. The predicted octanol–water partition coefficient (Wildman–Crippen LogP) is 2.79. The van der Waals surface area contributed by atoms with Gasteiger partial charge in [0.2, 0.25) is 5.43 Å². The van der Waals surface area contributed by atoms with Crippen molar-refractivity contribution in [3.63, 3.8) is 0 Å². The van der Waals surface area contributed by atoms with E-state index < -0.39 is 0 Å². The topological polar surface area (TPSA) is 42.1 Å². The first kappa shape index (κ1) is 10.8. The fraction of sp³-hybridized carbons (Fsp3) is 0.100. The zero-order chi connectivity index (χ0) is 11.0. The number of hydrogen-bond acceptors (Lipinski definition) is 2. The zero-order valence-electron chi connectivity index (χ0n) is 7.80. The van der Waals surface area contributed by atoms with Crippen LogP contribution in [0.15, 0.2) is 23.1 Å². The second-order valence-electron chi connectivity index (χ2n) is 3.00. The summed E-state index contributed by atoms with van der Waals surface area (Å²) in [5.74, 6) is 0.557. The van der Waals surface area contributed by atoms with Crippen molar-refractivity contribution in [2.75, 3.05) is 7.11 Å². The van der Waals surface area contributed by atoms with E-state index in [2.05, 4.69) is 4.98 Å². The summed E-state index contributed by atoms with van der Waals surface area (Å²) in [6, 6.07) is 3.34. The number of halogens is 2. The maximum atomic E-state index is 11.8. The van der Waals surface area contributed by atoms with Gasteiger partial charge < -0.3 is 9.72 Å². The van der Waals surface area contributed by atoms with Crippen LogP contribution in [-0.2, 0) is 0 Å². The number of benzene rings is 1. The standard InChI is InChI=1S/C10H7ClINO2/c1-15-9-3-8-5(2-6(9)11)10(14)7(12)4-13-8/h2-4H,1H3,(H,13,14). The van der Waals surface area contributed by atoms with Gasteiger partial charge in [-0.1, -0.05) is 11.6 Å². The number of ether oxygens (including phenoxy) is 1. The molecule has 15 heavy (non-hydrogen) atoms. The molecule has 0 saturated carbocycles. The lowest BCUT2D eigenvalue weighted by atomic mass is 10.2. The van der Waals surface area contributed by atoms with Gasteiger partial charge in [-0.25, -0.2) is 0 Å². The van der Waals surface area contributed by atoms with E-state index in [9.17, 15) is 4.79 Å². The van der Waals surface area contributed by atoms with E-state index in [-0.39, 0.29) is 5.43 Å². The third kappa shape index (κ3) is 1.83. The average Bonchev–Trinajstić information content (AvgIpc) is 2.24. The molecule has 0 spiro atoms. The van der Waals surface area contributed by atoms with Crippen LogP contribution in [-0.4, -0.2) is 12.1 Å². The first-order valence-corrected chi connectivity index (χ1v) is 5.63. The molecule has 3 nitrogen and oxygen atoms in total. The van der Waals surface area contributed by atoms with Gasteiger partial charge in [-0.3, -0.25) is 4.79 Å². The summed E-state index contributed by atoms with van der Waals surface area (Å²) in [5, 5.41) is 1.02. The van der Waals surface area contributed by atoms with Crippen LogP contribution in [0.1, 0.15) is 0 Å². The number of fused-ring (bicyclic) bond motifs is 1. The van der Waals surface area contributed by atoms with Gasteiger partial charge >= 0.3 is 0 Å². The number of methoxy groups -OCH3 is 1. The SMILES string of the molecule is COc1cc2[nH]cc(I)c(=O)c2cc1Cl. The lowest BCUT2D eigenvalue weighted by Crippen LogP contribution is -2.06. The van der Waals surface area contributed by atoms with E-state index in [1.807, 2.05) is 22.6 Å². The van der Waals surface area contributed by atoms with Crippen LogP contribution in [0.4, 0.5) is 0 Å². The monoisotopic (exact) mass is 335 g/mol. The van der Waals surface area contributed by atoms with Gasteiger partial charge in [-0.2, -0.15) is 0 Å². The van der Waals surface area contributed by atoms with E-state index in [0.717, 1.165) is 5.52 Å². The molecule has 1 aromatic carbocycles. The van der Waals surface area contributed by atoms with Gasteiger partial charge in [0.1, 0.15) is 5.75 Å². The molecule has 0 saturated heterocycles. The molecule has 5 heteroatoms. The van der Waals surface area contributed by atoms with Crippen LogP contribution in [0.5, 0.6) is 5.75 Å². The van der Waals surface area contributed by atoms with Gasteiger partial charge in [0.25, 0.3) is 0 Å². The molecule has 1 N–H and O–H groups in total. The third-order valence-corrected chi connectivity index (χ3v) is 3.20. The highest BCUT2D eigenvalue weighted by Crippen LogP contribution is 2.27. The van der Waals surface area contributed by atoms with Crippen molar-refractivity contribution in [1.29, 1.82) is 0 Å². The molecule has 2 rings (SSSR count). The number of H-pyrrole nitrogens is 1. The number of aromatic nitrogens is 1. The van der Waals surface area contributed by atoms with Crippen LogP contribution in [0.25, 0.3) is 10.9 Å². The molecule has 0 atom stereocenters. The summed E-state index contributed by atoms with van der Waals surface area (Å²) in [6.45, 7) is 0. The van der Waals surface area contributed by atoms with Crippen LogP contribution in [0.3, 0.4) is 0 Å². The first-order valence-electron chi connectivity index (χ1n) is 4.18. The van der Waals surface area contributed by atoms with Crippen LogP contribution in [0.2, 0.25) is 5.02 Å². The normalized spacial score (nSPS) is 10.6. The Morgan fingerprint density at radius 3 is 2.87 bits per heavy atom. The number of hydrogen-bond donors (Lipinski definition) is 1. The second kappa shape index (κ2) is 4.02. The van der Waals surface area contributed by atoms with Crippen molar-refractivity contribution in [3.8, 4) is 5.75 Å². The lowest BCUT2D eigenvalue weighted by Gasteiger charge is -2.05. The Morgan fingerprint density at radius 1 is 1.47 bits per heavy atom. The molecule has 78 valence electrons. The van der Waals surface area contributed by atoms with Crippen LogP contribution < -0.4 is 10.2 Å². The van der Waals surface area contributed by atoms with E-state index in [1.54, 1.807) is 18.3 Å². The Balaban J connectivity index is 2.88. The maximum absolute atomic E-state index is 11.8. The Hall–Kier alpha value is -0.750. The first-order chi connectivity index (χ1) is 7.13. The van der Waals surface area contributed by atoms with Crippen molar-refractivity contribution >= 4 is 45.1 Å². The van der Waals surface area contributed by atoms with E-state index in [0.29, 0.717) is 19.7 Å². The lowest BCUT2D eigenvalue weighted by molar-refractivity contribution is 0.415. The molecule has 0 radical (unpaired) electrons. The molecule has 0 unspecified atom stereocenters. The number of aromatic amines is 1. The molecule has 1 heterocycles. The van der Waals surface area contributed by atoms with Gasteiger partial charge in [0, 0.05) is 17.6 Å². The molecule has 1 aromatic heterocycles. The summed E-state index contributed by atoms with van der Waals surface area (Å²) in [6.07, 6.45) is 1.67.